The van der Waals surface area contributed by atoms with E-state index in [1.165, 1.54) is 0 Å². The number of anilines is 1. The normalized spacial score (nSPS) is 16.3. The van der Waals surface area contributed by atoms with Gasteiger partial charge in [-0.05, 0) is 42.7 Å². The van der Waals surface area contributed by atoms with E-state index in [-0.39, 0.29) is 17.9 Å². The van der Waals surface area contributed by atoms with Crippen LogP contribution in [0.1, 0.15) is 36.6 Å². The molecule has 1 heterocycles. The van der Waals surface area contributed by atoms with Crippen LogP contribution in [0.4, 0.5) is 5.69 Å². The molecule has 0 aliphatic carbocycles. The number of nitrogens with zero attached hydrogens (tertiary/aromatic N) is 2. The van der Waals surface area contributed by atoms with Crippen molar-refractivity contribution in [2.45, 2.75) is 38.9 Å². The van der Waals surface area contributed by atoms with Gasteiger partial charge >= 0.3 is 0 Å². The number of rotatable bonds is 5. The Morgan fingerprint density at radius 1 is 1.15 bits per heavy atom. The quantitative estimate of drug-likeness (QED) is 0.886. The molecule has 2 amide bonds. The lowest BCUT2D eigenvalue weighted by molar-refractivity contribution is -0.143. The molecule has 27 heavy (non-hydrogen) atoms. The van der Waals surface area contributed by atoms with Crippen molar-refractivity contribution in [2.75, 3.05) is 19.0 Å². The number of hydrogen-bond donors (Lipinski definition) is 1. The van der Waals surface area contributed by atoms with E-state index in [0.717, 1.165) is 22.4 Å². The fraction of sp³-hybridized carbons (Fsp3) is 0.364. The Morgan fingerprint density at radius 3 is 2.44 bits per heavy atom. The highest BCUT2D eigenvalue weighted by Gasteiger charge is 2.38. The largest absolute Gasteiger partial charge is 0.378 e. The molecule has 1 atom stereocenters. The number of benzene rings is 2. The molecular formula is C22H27N3O2. The highest BCUT2D eigenvalue weighted by atomic mass is 16.2. The van der Waals surface area contributed by atoms with Crippen molar-refractivity contribution in [1.29, 1.82) is 0 Å². The summed E-state index contributed by atoms with van der Waals surface area (Å²) in [6.45, 7) is 4.34. The summed E-state index contributed by atoms with van der Waals surface area (Å²) in [6, 6.07) is 15.2. The third-order valence-electron chi connectivity index (χ3n) is 4.98. The van der Waals surface area contributed by atoms with Crippen LogP contribution >= 0.6 is 0 Å². The van der Waals surface area contributed by atoms with Crippen molar-refractivity contribution < 1.29 is 9.59 Å². The van der Waals surface area contributed by atoms with Crippen LogP contribution in [0.25, 0.3) is 0 Å². The van der Waals surface area contributed by atoms with E-state index >= 15 is 0 Å². The van der Waals surface area contributed by atoms with Gasteiger partial charge in [0.05, 0.1) is 6.42 Å². The van der Waals surface area contributed by atoms with Gasteiger partial charge in [0.15, 0.2) is 0 Å². The predicted molar refractivity (Wildman–Crippen MR) is 107 cm³/mol. The van der Waals surface area contributed by atoms with Crippen molar-refractivity contribution >= 4 is 17.5 Å². The van der Waals surface area contributed by atoms with Crippen molar-refractivity contribution in [3.8, 4) is 0 Å². The molecule has 142 valence electrons. The summed E-state index contributed by atoms with van der Waals surface area (Å²) < 4.78 is 0. The predicted octanol–water partition coefficient (Wildman–Crippen LogP) is 2.90. The molecule has 0 unspecified atom stereocenters. The Labute approximate surface area is 161 Å². The molecule has 1 N–H and O–H groups in total. The zero-order valence-corrected chi connectivity index (χ0v) is 16.4. The number of carbonyl (C=O) groups is 2. The van der Waals surface area contributed by atoms with Gasteiger partial charge in [0.25, 0.3) is 0 Å². The van der Waals surface area contributed by atoms with Crippen molar-refractivity contribution in [2.24, 2.45) is 0 Å². The molecule has 0 spiro atoms. The van der Waals surface area contributed by atoms with E-state index in [9.17, 15) is 9.59 Å². The smallest absolute Gasteiger partial charge is 0.247 e. The van der Waals surface area contributed by atoms with Gasteiger partial charge in [-0.15, -0.1) is 0 Å². The van der Waals surface area contributed by atoms with Crippen LogP contribution in [0, 0.1) is 0 Å². The van der Waals surface area contributed by atoms with E-state index < -0.39 is 6.04 Å². The van der Waals surface area contributed by atoms with Gasteiger partial charge in [-0.25, -0.2) is 0 Å². The van der Waals surface area contributed by atoms with Crippen LogP contribution in [0.15, 0.2) is 48.5 Å². The first kappa shape index (κ1) is 19.0. The molecule has 0 radical (unpaired) electrons. The first-order valence-electron chi connectivity index (χ1n) is 9.31. The van der Waals surface area contributed by atoms with Gasteiger partial charge in [0.1, 0.15) is 6.04 Å². The Kier molecular flexibility index (Phi) is 5.49. The molecule has 0 fully saturated rings. The van der Waals surface area contributed by atoms with Crippen LogP contribution in [0.5, 0.6) is 0 Å². The lowest BCUT2D eigenvalue weighted by Gasteiger charge is -2.39. The van der Waals surface area contributed by atoms with Gasteiger partial charge < -0.3 is 15.1 Å². The van der Waals surface area contributed by atoms with Crippen LogP contribution in [-0.2, 0) is 22.6 Å². The van der Waals surface area contributed by atoms with Crippen LogP contribution in [0.3, 0.4) is 0 Å². The Hall–Kier alpha value is -2.82. The second kappa shape index (κ2) is 7.82. The first-order chi connectivity index (χ1) is 12.9. The van der Waals surface area contributed by atoms with Gasteiger partial charge in [0, 0.05) is 32.4 Å². The lowest BCUT2D eigenvalue weighted by Crippen LogP contribution is -2.50. The van der Waals surface area contributed by atoms with Crippen molar-refractivity contribution in [1.82, 2.24) is 10.2 Å². The van der Waals surface area contributed by atoms with Crippen molar-refractivity contribution in [3.63, 3.8) is 0 Å². The maximum Gasteiger partial charge on any atom is 0.247 e. The summed E-state index contributed by atoms with van der Waals surface area (Å²) in [5.41, 5.74) is 4.00. The van der Waals surface area contributed by atoms with Crippen LogP contribution in [-0.4, -0.2) is 36.9 Å². The van der Waals surface area contributed by atoms with Crippen LogP contribution in [0.2, 0.25) is 0 Å². The van der Waals surface area contributed by atoms with Crippen LogP contribution < -0.4 is 10.2 Å². The number of amides is 2. The fourth-order valence-electron chi connectivity index (χ4n) is 3.56. The average Bonchev–Trinajstić information content (AvgIpc) is 2.65. The fourth-order valence-corrected chi connectivity index (χ4v) is 3.56. The Bertz CT molecular complexity index is 828. The molecule has 5 heteroatoms. The number of fused-ring (bicyclic) bond motifs is 1. The third-order valence-corrected chi connectivity index (χ3v) is 4.98. The molecule has 2 aromatic rings. The summed E-state index contributed by atoms with van der Waals surface area (Å²) in [5.74, 6) is -0.139. The summed E-state index contributed by atoms with van der Waals surface area (Å²) in [6.07, 6.45) is 0.351. The summed E-state index contributed by atoms with van der Waals surface area (Å²) in [4.78, 5) is 29.4. The average molecular weight is 365 g/mol. The molecule has 2 aromatic carbocycles. The van der Waals surface area contributed by atoms with Crippen molar-refractivity contribution in [3.05, 3.63) is 65.2 Å². The maximum absolute atomic E-state index is 13.1. The van der Waals surface area contributed by atoms with Gasteiger partial charge in [-0.1, -0.05) is 36.4 Å². The Balaban J connectivity index is 1.80. The summed E-state index contributed by atoms with van der Waals surface area (Å²) >= 11 is 0. The minimum atomic E-state index is -0.580. The van der Waals surface area contributed by atoms with Gasteiger partial charge in [0.2, 0.25) is 11.8 Å². The number of hydrogen-bond acceptors (Lipinski definition) is 3. The van der Waals surface area contributed by atoms with E-state index in [1.807, 2.05) is 81.4 Å². The molecule has 1 aliphatic rings. The molecule has 5 nitrogen and oxygen atoms in total. The third kappa shape index (κ3) is 3.97. The molecule has 3 rings (SSSR count). The molecule has 0 saturated carbocycles. The topological polar surface area (TPSA) is 52.7 Å². The second-order valence-corrected chi connectivity index (χ2v) is 7.45. The molecule has 0 saturated heterocycles. The molecular weight excluding hydrogens is 338 g/mol. The summed E-state index contributed by atoms with van der Waals surface area (Å²) in [7, 11) is 3.99. The zero-order valence-electron chi connectivity index (χ0n) is 16.4. The monoisotopic (exact) mass is 365 g/mol. The summed E-state index contributed by atoms with van der Waals surface area (Å²) in [5, 5.41) is 3.02. The minimum absolute atomic E-state index is 0.000754. The van der Waals surface area contributed by atoms with Gasteiger partial charge in [-0.3, -0.25) is 9.59 Å². The lowest BCUT2D eigenvalue weighted by atomic mass is 9.90. The number of carbonyl (C=O) groups excluding carboxylic acids is 2. The second-order valence-electron chi connectivity index (χ2n) is 7.45. The first-order valence-corrected chi connectivity index (χ1v) is 9.31. The maximum atomic E-state index is 13.1. The van der Waals surface area contributed by atoms with E-state index in [2.05, 4.69) is 5.32 Å². The molecule has 0 bridgehead atoms. The minimum Gasteiger partial charge on any atom is -0.378 e. The van der Waals surface area contributed by atoms with E-state index in [1.54, 1.807) is 4.90 Å². The standard InChI is InChI=1S/C22H27N3O2/c1-15(2)25-20(26)13-17-7-5-6-8-19(17)21(25)22(27)23-14-16-9-11-18(12-10-16)24(3)4/h5-12,15,21H,13-14H2,1-4H3,(H,23,27)/t21-/m0/s1. The highest BCUT2D eigenvalue weighted by molar-refractivity contribution is 5.92. The zero-order chi connectivity index (χ0) is 19.6. The van der Waals surface area contributed by atoms with E-state index in [0.29, 0.717) is 13.0 Å². The van der Waals surface area contributed by atoms with E-state index in [4.69, 9.17) is 0 Å². The Morgan fingerprint density at radius 2 is 1.81 bits per heavy atom. The number of nitrogens with one attached hydrogen (secondary N) is 1. The molecule has 1 aliphatic heterocycles. The molecule has 0 aromatic heterocycles. The van der Waals surface area contributed by atoms with Gasteiger partial charge in [-0.2, -0.15) is 0 Å². The SMILES string of the molecule is CC(C)N1C(=O)Cc2ccccc2[C@H]1C(=O)NCc1ccc(N(C)C)cc1. The highest BCUT2D eigenvalue weighted by Crippen LogP contribution is 2.32.